The van der Waals surface area contributed by atoms with Gasteiger partial charge in [0, 0.05) is 19.4 Å². The van der Waals surface area contributed by atoms with Crippen LogP contribution in [0.2, 0.25) is 0 Å². The van der Waals surface area contributed by atoms with Gasteiger partial charge in [0.25, 0.3) is 0 Å². The van der Waals surface area contributed by atoms with E-state index in [0.29, 0.717) is 6.42 Å². The molecule has 1 rings (SSSR count). The molecule has 0 atom stereocenters. The highest BCUT2D eigenvalue weighted by Crippen LogP contribution is 2.04. The molecule has 0 saturated heterocycles. The average Bonchev–Trinajstić information content (AvgIpc) is 2.27. The van der Waals surface area contributed by atoms with Crippen molar-refractivity contribution in [1.82, 2.24) is 9.45 Å². The Morgan fingerprint density at radius 1 is 1.40 bits per heavy atom. The monoisotopic (exact) mass is 230 g/mol. The number of pyridine rings is 1. The number of hydrogen-bond donors (Lipinski definition) is 0. The summed E-state index contributed by atoms with van der Waals surface area (Å²) in [7, 11) is -0.618. The molecule has 0 aliphatic carbocycles. The standard InChI is InChI=1S/C9H14N2O3S/c1-11(14-2)15(12,13)8-5-9-3-6-10-7-4-9/h3-4,6-7H,5,8H2,1-2H3. The maximum atomic E-state index is 11.5. The van der Waals surface area contributed by atoms with Crippen LogP contribution in [0.4, 0.5) is 0 Å². The first-order valence-electron chi connectivity index (χ1n) is 4.46. The van der Waals surface area contributed by atoms with Crippen LogP contribution in [0.5, 0.6) is 0 Å². The molecule has 0 saturated carbocycles. The zero-order valence-electron chi connectivity index (χ0n) is 8.75. The zero-order valence-corrected chi connectivity index (χ0v) is 9.57. The fourth-order valence-electron chi connectivity index (χ4n) is 1.04. The van der Waals surface area contributed by atoms with Crippen molar-refractivity contribution < 1.29 is 13.3 Å². The molecule has 0 radical (unpaired) electrons. The van der Waals surface area contributed by atoms with Crippen LogP contribution in [0.1, 0.15) is 5.56 Å². The van der Waals surface area contributed by atoms with Crippen molar-refractivity contribution >= 4 is 10.0 Å². The smallest absolute Gasteiger partial charge is 0.236 e. The molecule has 0 unspecified atom stereocenters. The van der Waals surface area contributed by atoms with Gasteiger partial charge in [0.05, 0.1) is 12.9 Å². The fourth-order valence-corrected chi connectivity index (χ4v) is 2.02. The molecule has 0 aromatic carbocycles. The van der Waals surface area contributed by atoms with Crippen molar-refractivity contribution in [2.75, 3.05) is 19.9 Å². The van der Waals surface area contributed by atoms with E-state index < -0.39 is 10.0 Å². The highest BCUT2D eigenvalue weighted by atomic mass is 32.2. The van der Waals surface area contributed by atoms with Gasteiger partial charge in [0.15, 0.2) is 0 Å². The summed E-state index contributed by atoms with van der Waals surface area (Å²) in [6.07, 6.45) is 3.74. The van der Waals surface area contributed by atoms with Crippen molar-refractivity contribution in [2.24, 2.45) is 0 Å². The second-order valence-electron chi connectivity index (χ2n) is 3.01. The van der Waals surface area contributed by atoms with Crippen molar-refractivity contribution in [1.29, 1.82) is 0 Å². The Balaban J connectivity index is 2.58. The van der Waals surface area contributed by atoms with Crippen molar-refractivity contribution in [3.05, 3.63) is 30.1 Å². The SMILES string of the molecule is CON(C)S(=O)(=O)CCc1ccncc1. The van der Waals surface area contributed by atoms with Gasteiger partial charge in [0.1, 0.15) is 0 Å². The number of rotatable bonds is 5. The summed E-state index contributed by atoms with van der Waals surface area (Å²) in [5.41, 5.74) is 0.943. The summed E-state index contributed by atoms with van der Waals surface area (Å²) in [5.74, 6) is 0.0291. The number of hydrogen-bond acceptors (Lipinski definition) is 4. The summed E-state index contributed by atoms with van der Waals surface area (Å²) in [4.78, 5) is 8.49. The Labute approximate surface area is 89.7 Å². The van der Waals surface area contributed by atoms with Crippen LogP contribution in [0.25, 0.3) is 0 Å². The highest BCUT2D eigenvalue weighted by molar-refractivity contribution is 7.88. The van der Waals surface area contributed by atoms with Gasteiger partial charge in [-0.3, -0.25) is 9.82 Å². The largest absolute Gasteiger partial charge is 0.288 e. The molecule has 15 heavy (non-hydrogen) atoms. The molecule has 0 spiro atoms. The maximum Gasteiger partial charge on any atom is 0.236 e. The molecular weight excluding hydrogens is 216 g/mol. The summed E-state index contributed by atoms with van der Waals surface area (Å²) >= 11 is 0. The molecule has 0 amide bonds. The van der Waals surface area contributed by atoms with Gasteiger partial charge in [-0.15, -0.1) is 0 Å². The molecule has 1 heterocycles. The van der Waals surface area contributed by atoms with E-state index >= 15 is 0 Å². The number of aromatic nitrogens is 1. The molecular formula is C9H14N2O3S. The normalized spacial score (nSPS) is 11.9. The average molecular weight is 230 g/mol. The van der Waals surface area contributed by atoms with Crippen LogP contribution in [-0.2, 0) is 21.3 Å². The minimum Gasteiger partial charge on any atom is -0.288 e. The van der Waals surface area contributed by atoms with Gasteiger partial charge in [-0.25, -0.2) is 8.42 Å². The molecule has 0 fully saturated rings. The molecule has 84 valence electrons. The second-order valence-corrected chi connectivity index (χ2v) is 5.10. The number of nitrogens with zero attached hydrogens (tertiary/aromatic N) is 2. The van der Waals surface area contributed by atoms with Gasteiger partial charge >= 0.3 is 0 Å². The predicted octanol–water partition coefficient (Wildman–Crippen LogP) is 0.447. The molecule has 0 aliphatic heterocycles. The van der Waals surface area contributed by atoms with Crippen LogP contribution < -0.4 is 0 Å². The van der Waals surface area contributed by atoms with E-state index in [9.17, 15) is 8.42 Å². The van der Waals surface area contributed by atoms with E-state index in [1.807, 2.05) is 0 Å². The minimum atomic E-state index is -3.32. The molecule has 0 aliphatic rings. The lowest BCUT2D eigenvalue weighted by molar-refractivity contribution is -0.0257. The fraction of sp³-hybridized carbons (Fsp3) is 0.444. The van der Waals surface area contributed by atoms with Gasteiger partial charge in [-0.05, 0) is 24.1 Å². The third-order valence-electron chi connectivity index (χ3n) is 2.05. The Kier molecular flexibility index (Phi) is 4.19. The lowest BCUT2D eigenvalue weighted by Gasteiger charge is -2.13. The third kappa shape index (κ3) is 3.58. The molecule has 1 aromatic heterocycles. The van der Waals surface area contributed by atoms with Gasteiger partial charge < -0.3 is 0 Å². The van der Waals surface area contributed by atoms with Gasteiger partial charge in [-0.1, -0.05) is 4.47 Å². The van der Waals surface area contributed by atoms with Crippen LogP contribution in [0.15, 0.2) is 24.5 Å². The maximum absolute atomic E-state index is 11.5. The Bertz CT molecular complexity index is 391. The second kappa shape index (κ2) is 5.20. The van der Waals surface area contributed by atoms with E-state index in [1.54, 1.807) is 24.5 Å². The van der Waals surface area contributed by atoms with E-state index in [1.165, 1.54) is 14.2 Å². The molecule has 0 N–H and O–H groups in total. The lowest BCUT2D eigenvalue weighted by atomic mass is 10.2. The lowest BCUT2D eigenvalue weighted by Crippen LogP contribution is -2.28. The molecule has 1 aromatic rings. The Morgan fingerprint density at radius 3 is 2.53 bits per heavy atom. The first kappa shape index (κ1) is 12.1. The first-order valence-corrected chi connectivity index (χ1v) is 6.07. The van der Waals surface area contributed by atoms with Crippen LogP contribution >= 0.6 is 0 Å². The summed E-state index contributed by atoms with van der Waals surface area (Å²) in [6, 6.07) is 3.59. The van der Waals surface area contributed by atoms with Crippen molar-refractivity contribution in [3.63, 3.8) is 0 Å². The topological polar surface area (TPSA) is 59.5 Å². The first-order chi connectivity index (χ1) is 7.06. The van der Waals surface area contributed by atoms with Crippen molar-refractivity contribution in [3.8, 4) is 0 Å². The summed E-state index contributed by atoms with van der Waals surface area (Å²) in [6.45, 7) is 0. The van der Waals surface area contributed by atoms with Crippen LogP contribution in [0.3, 0.4) is 0 Å². The van der Waals surface area contributed by atoms with E-state index in [-0.39, 0.29) is 5.75 Å². The van der Waals surface area contributed by atoms with E-state index in [0.717, 1.165) is 10.0 Å². The quantitative estimate of drug-likeness (QED) is 0.689. The Hall–Kier alpha value is -0.980. The van der Waals surface area contributed by atoms with Gasteiger partial charge in [-0.2, -0.15) is 0 Å². The Morgan fingerprint density at radius 2 is 2.00 bits per heavy atom. The molecule has 5 nitrogen and oxygen atoms in total. The van der Waals surface area contributed by atoms with Gasteiger partial charge in [0.2, 0.25) is 10.0 Å². The van der Waals surface area contributed by atoms with E-state index in [4.69, 9.17) is 0 Å². The number of hydroxylamine groups is 1. The predicted molar refractivity (Wildman–Crippen MR) is 56.5 cm³/mol. The van der Waals surface area contributed by atoms with Crippen LogP contribution in [0, 0.1) is 0 Å². The minimum absolute atomic E-state index is 0.0291. The highest BCUT2D eigenvalue weighted by Gasteiger charge is 2.16. The molecule has 0 bridgehead atoms. The molecule has 6 heteroatoms. The summed E-state index contributed by atoms with van der Waals surface area (Å²) in [5, 5.41) is 0. The third-order valence-corrected chi connectivity index (χ3v) is 3.70. The number of sulfonamides is 1. The van der Waals surface area contributed by atoms with Crippen LogP contribution in [-0.4, -0.2) is 37.8 Å². The van der Waals surface area contributed by atoms with E-state index in [2.05, 4.69) is 9.82 Å². The zero-order chi connectivity index (χ0) is 11.3. The number of aryl methyl sites for hydroxylation is 1. The van der Waals surface area contributed by atoms with Crippen molar-refractivity contribution in [2.45, 2.75) is 6.42 Å². The summed E-state index contributed by atoms with van der Waals surface area (Å²) < 4.78 is 23.9.